The molecule has 0 amide bonds. The quantitative estimate of drug-likeness (QED) is 0.107. The third-order valence-corrected chi connectivity index (χ3v) is 8.91. The molecule has 0 saturated heterocycles. The Balaban J connectivity index is 0.000000163. The fourth-order valence-corrected chi connectivity index (χ4v) is 7.23. The molecule has 0 aliphatic heterocycles. The minimum absolute atomic E-state index is 0. The Morgan fingerprint density at radius 2 is 1.22 bits per heavy atom. The van der Waals surface area contributed by atoms with Crippen molar-refractivity contribution in [3.05, 3.63) is 157 Å². The average Bonchev–Trinajstić information content (AvgIpc) is 3.52. The van der Waals surface area contributed by atoms with Crippen LogP contribution < -0.4 is 15.9 Å². The Hall–Kier alpha value is -2.99. The number of hydrogen-bond donors (Lipinski definition) is 0. The van der Waals surface area contributed by atoms with Crippen LogP contribution in [0.3, 0.4) is 0 Å². The molecule has 0 atom stereocenters. The predicted molar refractivity (Wildman–Crippen MR) is 152 cm³/mol. The van der Waals surface area contributed by atoms with Gasteiger partial charge in [0.15, 0.2) is 0 Å². The summed E-state index contributed by atoms with van der Waals surface area (Å²) in [6, 6.07) is 53.1. The van der Waals surface area contributed by atoms with Gasteiger partial charge in [0.1, 0.15) is 0 Å². The second-order valence-electron chi connectivity index (χ2n) is 8.75. The van der Waals surface area contributed by atoms with Crippen molar-refractivity contribution in [1.82, 2.24) is 0 Å². The molecule has 0 radical (unpaired) electrons. The molecule has 1 aliphatic rings. The summed E-state index contributed by atoms with van der Waals surface area (Å²) in [5, 5.41) is 6.89. The van der Waals surface area contributed by atoms with Crippen LogP contribution in [0.15, 0.2) is 140 Å². The van der Waals surface area contributed by atoms with E-state index in [2.05, 4.69) is 140 Å². The van der Waals surface area contributed by atoms with E-state index in [0.717, 1.165) is 6.42 Å². The SMILES string of the molecule is [Hf].[c-]1cccc2c1Cc1ccccc1-2.c1ccc(P(c2ccccc2)c2cc3ccccc3[cH-]2)cc1. The van der Waals surface area contributed by atoms with Gasteiger partial charge in [0.05, 0.1) is 0 Å². The van der Waals surface area contributed by atoms with Crippen LogP contribution in [0.25, 0.3) is 21.9 Å². The standard InChI is InChI=1S/C21H16P.C13H9.Hf/c1-3-11-19(12-4-1)22(20-13-5-2-6-14-20)21-15-17-9-7-8-10-18(17)16-21;1-3-7-12-10(5-1)9-11-6-2-4-8-13(11)12;/h1-16H;1-5,7-8H,9H2;/q2*-1;. The molecule has 6 aromatic carbocycles. The first-order chi connectivity index (χ1) is 17.4. The summed E-state index contributed by atoms with van der Waals surface area (Å²) in [6.07, 6.45) is 1.05. The van der Waals surface area contributed by atoms with E-state index >= 15 is 0 Å². The van der Waals surface area contributed by atoms with Crippen molar-refractivity contribution in [2.75, 3.05) is 0 Å². The van der Waals surface area contributed by atoms with Crippen molar-refractivity contribution in [1.29, 1.82) is 0 Å². The van der Waals surface area contributed by atoms with E-state index in [9.17, 15) is 0 Å². The van der Waals surface area contributed by atoms with Crippen LogP contribution >= 0.6 is 7.92 Å². The summed E-state index contributed by atoms with van der Waals surface area (Å²) in [6.45, 7) is 0. The van der Waals surface area contributed by atoms with E-state index in [4.69, 9.17) is 0 Å². The van der Waals surface area contributed by atoms with Gasteiger partial charge in [0.25, 0.3) is 0 Å². The minimum atomic E-state index is -0.493. The van der Waals surface area contributed by atoms with Gasteiger partial charge >= 0.3 is 0 Å². The molecule has 36 heavy (non-hydrogen) atoms. The first kappa shape index (κ1) is 24.7. The van der Waals surface area contributed by atoms with E-state index < -0.39 is 7.92 Å². The summed E-state index contributed by atoms with van der Waals surface area (Å²) in [5.74, 6) is 0. The van der Waals surface area contributed by atoms with Crippen LogP contribution in [0.2, 0.25) is 0 Å². The first-order valence-electron chi connectivity index (χ1n) is 12.0. The van der Waals surface area contributed by atoms with Gasteiger partial charge in [0.2, 0.25) is 0 Å². The minimum Gasteiger partial charge on any atom is -0.179 e. The maximum absolute atomic E-state index is 3.30. The average molecular weight is 643 g/mol. The topological polar surface area (TPSA) is 0 Å². The second kappa shape index (κ2) is 11.4. The Bertz CT molecular complexity index is 1450. The third-order valence-electron chi connectivity index (χ3n) is 6.51. The van der Waals surface area contributed by atoms with Gasteiger partial charge in [-0.2, -0.15) is 35.9 Å². The molecule has 0 unspecified atom stereocenters. The largest absolute Gasteiger partial charge is 0.179 e. The van der Waals surface area contributed by atoms with Gasteiger partial charge in [-0.3, -0.25) is 0 Å². The van der Waals surface area contributed by atoms with Gasteiger partial charge in [0, 0.05) is 25.8 Å². The molecule has 6 aromatic rings. The van der Waals surface area contributed by atoms with Crippen LogP contribution in [0.4, 0.5) is 0 Å². The van der Waals surface area contributed by atoms with Crippen molar-refractivity contribution in [2.45, 2.75) is 6.42 Å². The summed E-state index contributed by atoms with van der Waals surface area (Å²) in [5.41, 5.74) is 5.51. The van der Waals surface area contributed by atoms with E-state index in [1.807, 2.05) is 6.07 Å². The smallest absolute Gasteiger partial charge is 0 e. The molecule has 0 N–H and O–H groups in total. The predicted octanol–water partition coefficient (Wildman–Crippen LogP) is 7.37. The monoisotopic (exact) mass is 644 g/mol. The van der Waals surface area contributed by atoms with E-state index in [1.54, 1.807) is 0 Å². The molecule has 0 bridgehead atoms. The van der Waals surface area contributed by atoms with Crippen LogP contribution in [0.1, 0.15) is 11.1 Å². The van der Waals surface area contributed by atoms with Crippen molar-refractivity contribution >= 4 is 34.6 Å². The maximum atomic E-state index is 3.30. The molecule has 0 heterocycles. The van der Waals surface area contributed by atoms with E-state index in [0.29, 0.717) is 0 Å². The van der Waals surface area contributed by atoms with Crippen LogP contribution in [0.5, 0.6) is 0 Å². The van der Waals surface area contributed by atoms with Gasteiger partial charge in [-0.15, -0.1) is 45.9 Å². The maximum Gasteiger partial charge on any atom is 0 e. The molecule has 172 valence electrons. The van der Waals surface area contributed by atoms with Crippen molar-refractivity contribution in [2.24, 2.45) is 0 Å². The van der Waals surface area contributed by atoms with Gasteiger partial charge in [-0.1, -0.05) is 102 Å². The molecular weight excluding hydrogens is 618 g/mol. The summed E-state index contributed by atoms with van der Waals surface area (Å²) < 4.78 is 0. The number of hydrogen-bond acceptors (Lipinski definition) is 0. The summed E-state index contributed by atoms with van der Waals surface area (Å²) in [7, 11) is -0.493. The fraction of sp³-hybridized carbons (Fsp3) is 0.0294. The zero-order valence-corrected chi connectivity index (χ0v) is 24.4. The fourth-order valence-electron chi connectivity index (χ4n) is 4.86. The number of rotatable bonds is 3. The Kier molecular flexibility index (Phi) is 7.81. The molecule has 2 heteroatoms. The van der Waals surface area contributed by atoms with E-state index in [-0.39, 0.29) is 25.8 Å². The third kappa shape index (κ3) is 5.10. The second-order valence-corrected chi connectivity index (χ2v) is 11.0. The summed E-state index contributed by atoms with van der Waals surface area (Å²) >= 11 is 0. The van der Waals surface area contributed by atoms with Crippen LogP contribution in [-0.4, -0.2) is 0 Å². The van der Waals surface area contributed by atoms with Gasteiger partial charge in [-0.05, 0) is 25.0 Å². The normalized spacial score (nSPS) is 11.2. The zero-order valence-electron chi connectivity index (χ0n) is 19.9. The van der Waals surface area contributed by atoms with Crippen LogP contribution in [0, 0.1) is 6.07 Å². The molecule has 0 saturated carbocycles. The van der Waals surface area contributed by atoms with Crippen molar-refractivity contribution in [3.8, 4) is 11.1 Å². The molecule has 0 fully saturated rings. The zero-order chi connectivity index (χ0) is 23.5. The van der Waals surface area contributed by atoms with Crippen LogP contribution in [-0.2, 0) is 32.3 Å². The Morgan fingerprint density at radius 3 is 1.94 bits per heavy atom. The summed E-state index contributed by atoms with van der Waals surface area (Å²) in [4.78, 5) is 0. The number of benzene rings is 5. The molecule has 0 nitrogen and oxygen atoms in total. The van der Waals surface area contributed by atoms with Crippen molar-refractivity contribution in [3.63, 3.8) is 0 Å². The van der Waals surface area contributed by atoms with Gasteiger partial charge in [-0.25, -0.2) is 0 Å². The number of fused-ring (bicyclic) bond motifs is 4. The molecule has 1 aliphatic carbocycles. The molecule has 0 spiro atoms. The Labute approximate surface area is 233 Å². The van der Waals surface area contributed by atoms with Gasteiger partial charge < -0.3 is 0 Å². The Morgan fingerprint density at radius 1 is 0.611 bits per heavy atom. The molecule has 0 aromatic heterocycles. The van der Waals surface area contributed by atoms with E-state index in [1.165, 1.54) is 48.9 Å². The molecular formula is C34H25HfP-2. The molecule has 7 rings (SSSR count). The first-order valence-corrected chi connectivity index (χ1v) is 13.3. The van der Waals surface area contributed by atoms with Crippen molar-refractivity contribution < 1.29 is 25.8 Å².